The SMILES string of the molecule is O=C(O)CN1CCN(S(=O)(=O)N2CCOCC2)CC1. The maximum Gasteiger partial charge on any atom is 0.317 e. The summed E-state index contributed by atoms with van der Waals surface area (Å²) in [5.41, 5.74) is 0. The maximum atomic E-state index is 12.3. The number of carboxylic acid groups (broad SMARTS) is 1. The molecule has 2 saturated heterocycles. The average molecular weight is 293 g/mol. The van der Waals surface area contributed by atoms with Gasteiger partial charge in [0.25, 0.3) is 10.2 Å². The summed E-state index contributed by atoms with van der Waals surface area (Å²) in [5, 5.41) is 8.70. The van der Waals surface area contributed by atoms with Crippen molar-refractivity contribution in [2.75, 3.05) is 59.0 Å². The highest BCUT2D eigenvalue weighted by Gasteiger charge is 2.33. The van der Waals surface area contributed by atoms with Crippen molar-refractivity contribution in [2.45, 2.75) is 0 Å². The number of rotatable bonds is 4. The van der Waals surface area contributed by atoms with E-state index in [9.17, 15) is 13.2 Å². The molecule has 2 aliphatic rings. The summed E-state index contributed by atoms with van der Waals surface area (Å²) in [4.78, 5) is 12.3. The van der Waals surface area contributed by atoms with E-state index >= 15 is 0 Å². The molecule has 2 heterocycles. The minimum absolute atomic E-state index is 0.0363. The molecular weight excluding hydrogens is 274 g/mol. The molecule has 0 radical (unpaired) electrons. The van der Waals surface area contributed by atoms with Crippen molar-refractivity contribution < 1.29 is 23.1 Å². The van der Waals surface area contributed by atoms with Gasteiger partial charge >= 0.3 is 5.97 Å². The number of nitrogens with zero attached hydrogens (tertiary/aromatic N) is 3. The van der Waals surface area contributed by atoms with Crippen molar-refractivity contribution in [1.82, 2.24) is 13.5 Å². The number of piperazine rings is 1. The Hall–Kier alpha value is -0.740. The first-order valence-electron chi connectivity index (χ1n) is 6.27. The molecular formula is C10H19N3O5S. The predicted octanol–water partition coefficient (Wildman–Crippen LogP) is -1.73. The number of carbonyl (C=O) groups is 1. The standard InChI is InChI=1S/C10H19N3O5S/c14-10(15)9-11-1-3-12(4-2-11)19(16,17)13-5-7-18-8-6-13/h1-9H2,(H,14,15). The molecule has 0 atom stereocenters. The monoisotopic (exact) mass is 293 g/mol. The largest absolute Gasteiger partial charge is 0.480 e. The highest BCUT2D eigenvalue weighted by Crippen LogP contribution is 2.13. The van der Waals surface area contributed by atoms with E-state index in [0.717, 1.165) is 0 Å². The first kappa shape index (κ1) is 14.7. The molecule has 110 valence electrons. The lowest BCUT2D eigenvalue weighted by atomic mass is 10.3. The smallest absolute Gasteiger partial charge is 0.317 e. The van der Waals surface area contributed by atoms with Crippen molar-refractivity contribution in [2.24, 2.45) is 0 Å². The first-order chi connectivity index (χ1) is 9.00. The topological polar surface area (TPSA) is 90.4 Å². The van der Waals surface area contributed by atoms with Crippen LogP contribution >= 0.6 is 0 Å². The molecule has 0 amide bonds. The van der Waals surface area contributed by atoms with Crippen LogP contribution in [-0.4, -0.2) is 92.0 Å². The van der Waals surface area contributed by atoms with Crippen molar-refractivity contribution in [3.05, 3.63) is 0 Å². The normalized spacial score (nSPS) is 24.4. The Kier molecular flexibility index (Phi) is 4.74. The summed E-state index contributed by atoms with van der Waals surface area (Å²) in [6, 6.07) is 0. The molecule has 8 nitrogen and oxygen atoms in total. The number of hydrogen-bond acceptors (Lipinski definition) is 5. The molecule has 0 aromatic heterocycles. The van der Waals surface area contributed by atoms with Gasteiger partial charge in [-0.1, -0.05) is 0 Å². The van der Waals surface area contributed by atoms with Crippen LogP contribution in [0, 0.1) is 0 Å². The van der Waals surface area contributed by atoms with Gasteiger partial charge in [-0.3, -0.25) is 9.69 Å². The zero-order valence-corrected chi connectivity index (χ0v) is 11.5. The fourth-order valence-corrected chi connectivity index (χ4v) is 3.81. The Balaban J connectivity index is 1.90. The Labute approximate surface area is 112 Å². The molecule has 2 rings (SSSR count). The van der Waals surface area contributed by atoms with Gasteiger partial charge in [0.15, 0.2) is 0 Å². The molecule has 0 unspecified atom stereocenters. The van der Waals surface area contributed by atoms with Crippen LogP contribution in [0.25, 0.3) is 0 Å². The second kappa shape index (κ2) is 6.14. The molecule has 19 heavy (non-hydrogen) atoms. The van der Waals surface area contributed by atoms with E-state index in [-0.39, 0.29) is 6.54 Å². The van der Waals surface area contributed by atoms with Gasteiger partial charge < -0.3 is 9.84 Å². The van der Waals surface area contributed by atoms with Crippen molar-refractivity contribution in [3.8, 4) is 0 Å². The van der Waals surface area contributed by atoms with Gasteiger partial charge in [-0.15, -0.1) is 0 Å². The highest BCUT2D eigenvalue weighted by atomic mass is 32.2. The lowest BCUT2D eigenvalue weighted by molar-refractivity contribution is -0.138. The summed E-state index contributed by atoms with van der Waals surface area (Å²) < 4.78 is 32.7. The second-order valence-electron chi connectivity index (χ2n) is 4.59. The number of hydrogen-bond donors (Lipinski definition) is 1. The fourth-order valence-electron chi connectivity index (χ4n) is 2.25. The predicted molar refractivity (Wildman–Crippen MR) is 67.0 cm³/mol. The fraction of sp³-hybridized carbons (Fsp3) is 0.900. The third kappa shape index (κ3) is 3.63. The lowest BCUT2D eigenvalue weighted by Gasteiger charge is -2.37. The first-order valence-corrected chi connectivity index (χ1v) is 7.67. The molecule has 0 spiro atoms. The summed E-state index contributed by atoms with van der Waals surface area (Å²) in [6.07, 6.45) is 0. The minimum atomic E-state index is -3.42. The zero-order valence-electron chi connectivity index (χ0n) is 10.7. The second-order valence-corrected chi connectivity index (χ2v) is 6.52. The highest BCUT2D eigenvalue weighted by molar-refractivity contribution is 7.86. The van der Waals surface area contributed by atoms with Crippen molar-refractivity contribution in [1.29, 1.82) is 0 Å². The van der Waals surface area contributed by atoms with Gasteiger partial charge in [0.1, 0.15) is 0 Å². The Morgan fingerprint density at radius 2 is 1.53 bits per heavy atom. The van der Waals surface area contributed by atoms with E-state index in [4.69, 9.17) is 9.84 Å². The Morgan fingerprint density at radius 3 is 2.05 bits per heavy atom. The zero-order chi connectivity index (χ0) is 13.9. The lowest BCUT2D eigenvalue weighted by Crippen LogP contribution is -2.55. The molecule has 0 aromatic carbocycles. The van der Waals surface area contributed by atoms with Crippen LogP contribution in [0.2, 0.25) is 0 Å². The van der Waals surface area contributed by atoms with E-state index in [1.54, 1.807) is 4.90 Å². The van der Waals surface area contributed by atoms with Gasteiger partial charge in [0, 0.05) is 39.3 Å². The number of morpholine rings is 1. The van der Waals surface area contributed by atoms with Crippen molar-refractivity contribution >= 4 is 16.2 Å². The third-order valence-corrected chi connectivity index (χ3v) is 5.35. The summed E-state index contributed by atoms with van der Waals surface area (Å²) in [5.74, 6) is -0.885. The van der Waals surface area contributed by atoms with Gasteiger partial charge in [-0.2, -0.15) is 17.0 Å². The van der Waals surface area contributed by atoms with Crippen LogP contribution in [0.15, 0.2) is 0 Å². The van der Waals surface area contributed by atoms with Gasteiger partial charge in [-0.05, 0) is 0 Å². The molecule has 0 saturated carbocycles. The summed E-state index contributed by atoms with van der Waals surface area (Å²) >= 11 is 0. The molecule has 2 fully saturated rings. The minimum Gasteiger partial charge on any atom is -0.480 e. The van der Waals surface area contributed by atoms with E-state index in [1.165, 1.54) is 8.61 Å². The molecule has 0 aliphatic carbocycles. The number of aliphatic carboxylic acids is 1. The number of ether oxygens (including phenoxy) is 1. The van der Waals surface area contributed by atoms with Crippen LogP contribution in [-0.2, 0) is 19.7 Å². The molecule has 2 aliphatic heterocycles. The Morgan fingerprint density at radius 1 is 1.00 bits per heavy atom. The van der Waals surface area contributed by atoms with E-state index in [1.807, 2.05) is 0 Å². The average Bonchev–Trinajstić information content (AvgIpc) is 2.40. The third-order valence-electron chi connectivity index (χ3n) is 3.31. The molecule has 1 N–H and O–H groups in total. The van der Waals surface area contributed by atoms with Crippen LogP contribution in [0.1, 0.15) is 0 Å². The van der Waals surface area contributed by atoms with Crippen molar-refractivity contribution in [3.63, 3.8) is 0 Å². The maximum absolute atomic E-state index is 12.3. The van der Waals surface area contributed by atoms with E-state index < -0.39 is 16.2 Å². The van der Waals surface area contributed by atoms with Crippen LogP contribution in [0.5, 0.6) is 0 Å². The molecule has 0 bridgehead atoms. The summed E-state index contributed by atoms with van der Waals surface area (Å²) in [7, 11) is -3.42. The molecule has 9 heteroatoms. The van der Waals surface area contributed by atoms with Crippen LogP contribution < -0.4 is 0 Å². The number of carboxylic acids is 1. The van der Waals surface area contributed by atoms with Gasteiger partial charge in [-0.25, -0.2) is 0 Å². The van der Waals surface area contributed by atoms with Crippen LogP contribution in [0.3, 0.4) is 0 Å². The Bertz CT molecular complexity index is 413. The van der Waals surface area contributed by atoms with Crippen LogP contribution in [0.4, 0.5) is 0 Å². The summed E-state index contributed by atoms with van der Waals surface area (Å²) in [6.45, 7) is 3.18. The molecule has 0 aromatic rings. The van der Waals surface area contributed by atoms with E-state index in [2.05, 4.69) is 0 Å². The van der Waals surface area contributed by atoms with Gasteiger partial charge in [0.2, 0.25) is 0 Å². The quantitative estimate of drug-likeness (QED) is 0.662. The van der Waals surface area contributed by atoms with E-state index in [0.29, 0.717) is 52.5 Å². The van der Waals surface area contributed by atoms with Gasteiger partial charge in [0.05, 0.1) is 19.8 Å².